The molecule has 0 fully saturated rings. The number of halogens is 1. The van der Waals surface area contributed by atoms with Gasteiger partial charge in [-0.25, -0.2) is 23.5 Å². The third kappa shape index (κ3) is 4.35. The Morgan fingerprint density at radius 1 is 1.57 bits per heavy atom. The zero-order chi connectivity index (χ0) is 10.6. The Balaban J connectivity index is 2.47. The van der Waals surface area contributed by atoms with Crippen LogP contribution in [0.1, 0.15) is 0 Å². The molecule has 0 unspecified atom stereocenters. The normalized spacial score (nSPS) is 11.3. The summed E-state index contributed by atoms with van der Waals surface area (Å²) in [5.74, 6) is 0.308. The first kappa shape index (κ1) is 11.2. The Kier molecular flexibility index (Phi) is 3.62. The number of aromatic nitrogens is 2. The van der Waals surface area contributed by atoms with Crippen LogP contribution in [0.4, 0.5) is 5.82 Å². The van der Waals surface area contributed by atoms with Gasteiger partial charge in [0.2, 0.25) is 15.3 Å². The van der Waals surface area contributed by atoms with Gasteiger partial charge in [0.15, 0.2) is 0 Å². The predicted octanol–water partition coefficient (Wildman–Crippen LogP) is -0.170. The van der Waals surface area contributed by atoms with Gasteiger partial charge in [-0.05, 0) is 17.7 Å². The number of sulfonamides is 1. The second-order valence-corrected chi connectivity index (χ2v) is 4.58. The minimum atomic E-state index is -3.44. The molecule has 0 saturated heterocycles. The molecular weight excluding hydrogens is 228 g/mol. The summed E-state index contributed by atoms with van der Waals surface area (Å²) >= 11 is 5.51. The molecule has 0 saturated carbocycles. The third-order valence-electron chi connectivity index (χ3n) is 1.32. The topological polar surface area (TPSA) is 98.0 Å². The second kappa shape index (κ2) is 4.54. The highest BCUT2D eigenvalue weighted by molar-refractivity contribution is 7.89. The maximum atomic E-state index is 10.6. The van der Waals surface area contributed by atoms with Crippen LogP contribution in [-0.2, 0) is 10.0 Å². The smallest absolute Gasteiger partial charge is 0.224 e. The molecule has 14 heavy (non-hydrogen) atoms. The number of rotatable bonds is 4. The standard InChI is InChI=1S/C6H9ClN4O2S/c7-6-10-2-1-5(11-6)9-3-4-14(8,12)13/h1-2H,3-4H2,(H2,8,12,13)(H,9,10,11). The van der Waals surface area contributed by atoms with E-state index in [1.54, 1.807) is 6.07 Å². The lowest BCUT2D eigenvalue weighted by atomic mass is 10.5. The minimum Gasteiger partial charge on any atom is -0.369 e. The van der Waals surface area contributed by atoms with Crippen molar-refractivity contribution >= 4 is 27.4 Å². The Hall–Kier alpha value is -0.920. The van der Waals surface area contributed by atoms with Crippen molar-refractivity contribution in [1.82, 2.24) is 9.97 Å². The lowest BCUT2D eigenvalue weighted by molar-refractivity contribution is 0.598. The quantitative estimate of drug-likeness (QED) is 0.708. The lowest BCUT2D eigenvalue weighted by Crippen LogP contribution is -2.22. The molecule has 1 heterocycles. The fourth-order valence-corrected chi connectivity index (χ4v) is 1.29. The number of primary sulfonamides is 1. The highest BCUT2D eigenvalue weighted by atomic mass is 35.5. The highest BCUT2D eigenvalue weighted by Gasteiger charge is 2.02. The SMILES string of the molecule is NS(=O)(=O)CCNc1ccnc(Cl)n1. The van der Waals surface area contributed by atoms with Gasteiger partial charge >= 0.3 is 0 Å². The minimum absolute atomic E-state index is 0.102. The Morgan fingerprint density at radius 3 is 2.86 bits per heavy atom. The highest BCUT2D eigenvalue weighted by Crippen LogP contribution is 2.04. The van der Waals surface area contributed by atoms with Crippen molar-refractivity contribution in [3.8, 4) is 0 Å². The van der Waals surface area contributed by atoms with Crippen LogP contribution in [-0.4, -0.2) is 30.7 Å². The van der Waals surface area contributed by atoms with E-state index < -0.39 is 10.0 Å². The van der Waals surface area contributed by atoms with Crippen molar-refractivity contribution in [2.24, 2.45) is 5.14 Å². The molecule has 0 aliphatic rings. The third-order valence-corrected chi connectivity index (χ3v) is 2.27. The van der Waals surface area contributed by atoms with Crippen LogP contribution in [0.3, 0.4) is 0 Å². The molecule has 0 bridgehead atoms. The van der Waals surface area contributed by atoms with Crippen LogP contribution in [0.2, 0.25) is 5.28 Å². The van der Waals surface area contributed by atoms with Crippen molar-refractivity contribution in [2.45, 2.75) is 0 Å². The maximum Gasteiger partial charge on any atom is 0.224 e. The van der Waals surface area contributed by atoms with Gasteiger partial charge in [-0.3, -0.25) is 0 Å². The first-order valence-electron chi connectivity index (χ1n) is 3.70. The van der Waals surface area contributed by atoms with Crippen molar-refractivity contribution in [1.29, 1.82) is 0 Å². The van der Waals surface area contributed by atoms with Crippen molar-refractivity contribution in [3.05, 3.63) is 17.5 Å². The average Bonchev–Trinajstić information content (AvgIpc) is 2.01. The number of hydrogen-bond donors (Lipinski definition) is 2. The zero-order valence-corrected chi connectivity index (χ0v) is 8.72. The number of hydrogen-bond acceptors (Lipinski definition) is 5. The first-order chi connectivity index (χ1) is 6.47. The van der Waals surface area contributed by atoms with Gasteiger partial charge in [-0.1, -0.05) is 0 Å². The molecule has 0 aliphatic heterocycles. The predicted molar refractivity (Wildman–Crippen MR) is 53.5 cm³/mol. The van der Waals surface area contributed by atoms with Gasteiger partial charge in [0, 0.05) is 12.7 Å². The van der Waals surface area contributed by atoms with Gasteiger partial charge in [-0.15, -0.1) is 0 Å². The summed E-state index contributed by atoms with van der Waals surface area (Å²) in [4.78, 5) is 7.47. The van der Waals surface area contributed by atoms with Crippen LogP contribution in [0.25, 0.3) is 0 Å². The average molecular weight is 237 g/mol. The van der Waals surface area contributed by atoms with Crippen LogP contribution < -0.4 is 10.5 Å². The summed E-state index contributed by atoms with van der Waals surface area (Å²) in [5, 5.41) is 7.65. The van der Waals surface area contributed by atoms with Gasteiger partial charge < -0.3 is 5.32 Å². The van der Waals surface area contributed by atoms with Crippen LogP contribution >= 0.6 is 11.6 Å². The molecule has 0 spiro atoms. The van der Waals surface area contributed by atoms with E-state index in [1.807, 2.05) is 0 Å². The fourth-order valence-electron chi connectivity index (χ4n) is 0.755. The lowest BCUT2D eigenvalue weighted by Gasteiger charge is -2.03. The number of nitrogens with two attached hydrogens (primary N) is 1. The molecule has 6 nitrogen and oxygen atoms in total. The number of nitrogens with one attached hydrogen (secondary N) is 1. The van der Waals surface area contributed by atoms with Crippen molar-refractivity contribution in [2.75, 3.05) is 17.6 Å². The molecule has 1 aromatic heterocycles. The van der Waals surface area contributed by atoms with Gasteiger partial charge in [0.25, 0.3) is 0 Å². The maximum absolute atomic E-state index is 10.6. The number of anilines is 1. The van der Waals surface area contributed by atoms with Gasteiger partial charge in [0.1, 0.15) is 5.82 Å². The van der Waals surface area contributed by atoms with E-state index in [1.165, 1.54) is 6.20 Å². The van der Waals surface area contributed by atoms with E-state index in [0.29, 0.717) is 5.82 Å². The van der Waals surface area contributed by atoms with E-state index in [9.17, 15) is 8.42 Å². The van der Waals surface area contributed by atoms with E-state index in [2.05, 4.69) is 15.3 Å². The Bertz CT molecular complexity index is 408. The first-order valence-corrected chi connectivity index (χ1v) is 5.79. The molecule has 1 aromatic rings. The summed E-state index contributed by atoms with van der Waals surface area (Å²) in [6.07, 6.45) is 1.47. The van der Waals surface area contributed by atoms with E-state index >= 15 is 0 Å². The summed E-state index contributed by atoms with van der Waals surface area (Å²) in [7, 11) is -3.44. The largest absolute Gasteiger partial charge is 0.369 e. The molecule has 0 aromatic carbocycles. The van der Waals surface area contributed by atoms with E-state index in [-0.39, 0.29) is 17.6 Å². The Labute approximate surface area is 86.6 Å². The second-order valence-electron chi connectivity index (χ2n) is 2.50. The zero-order valence-electron chi connectivity index (χ0n) is 7.14. The molecule has 1 rings (SSSR count). The molecule has 8 heteroatoms. The van der Waals surface area contributed by atoms with Crippen LogP contribution in [0.15, 0.2) is 12.3 Å². The van der Waals surface area contributed by atoms with Crippen molar-refractivity contribution < 1.29 is 8.42 Å². The number of nitrogens with zero attached hydrogens (tertiary/aromatic N) is 2. The van der Waals surface area contributed by atoms with Crippen LogP contribution in [0.5, 0.6) is 0 Å². The molecule has 0 aliphatic carbocycles. The summed E-state index contributed by atoms with van der Waals surface area (Å²) in [5.41, 5.74) is 0. The van der Waals surface area contributed by atoms with Gasteiger partial charge in [-0.2, -0.15) is 0 Å². The molecule has 0 radical (unpaired) electrons. The molecule has 3 N–H and O–H groups in total. The molecule has 0 atom stereocenters. The van der Waals surface area contributed by atoms with E-state index in [0.717, 1.165) is 0 Å². The van der Waals surface area contributed by atoms with Crippen molar-refractivity contribution in [3.63, 3.8) is 0 Å². The van der Waals surface area contributed by atoms with Crippen LogP contribution in [0, 0.1) is 0 Å². The molecule has 78 valence electrons. The summed E-state index contributed by atoms with van der Waals surface area (Å²) < 4.78 is 21.1. The van der Waals surface area contributed by atoms with Gasteiger partial charge in [0.05, 0.1) is 5.75 Å². The molecular formula is C6H9ClN4O2S. The fraction of sp³-hybridized carbons (Fsp3) is 0.333. The van der Waals surface area contributed by atoms with E-state index in [4.69, 9.17) is 16.7 Å². The monoisotopic (exact) mass is 236 g/mol. The summed E-state index contributed by atoms with van der Waals surface area (Å²) in [6.45, 7) is 0.187. The summed E-state index contributed by atoms with van der Waals surface area (Å²) in [6, 6.07) is 1.58. The molecule has 0 amide bonds. The Morgan fingerprint density at radius 2 is 2.29 bits per heavy atom.